The van der Waals surface area contributed by atoms with E-state index < -0.39 is 5.41 Å². The van der Waals surface area contributed by atoms with Crippen molar-refractivity contribution in [2.24, 2.45) is 0 Å². The van der Waals surface area contributed by atoms with Gasteiger partial charge in [-0.15, -0.1) is 11.3 Å². The Labute approximate surface area is 193 Å². The van der Waals surface area contributed by atoms with Gasteiger partial charge in [-0.3, -0.25) is 0 Å². The first kappa shape index (κ1) is 21.5. The molecule has 1 aliphatic carbocycles. The van der Waals surface area contributed by atoms with Crippen LogP contribution < -0.4 is 5.32 Å². The lowest BCUT2D eigenvalue weighted by molar-refractivity contribution is 0.102. The molecule has 2 aromatic carbocycles. The first-order chi connectivity index (χ1) is 15.6. The zero-order valence-electron chi connectivity index (χ0n) is 18.3. The van der Waals surface area contributed by atoms with E-state index in [2.05, 4.69) is 34.5 Å². The minimum atomic E-state index is -0.457. The van der Waals surface area contributed by atoms with Crippen molar-refractivity contribution in [1.82, 2.24) is 15.2 Å². The first-order valence-corrected chi connectivity index (χ1v) is 12.5. The summed E-state index contributed by atoms with van der Waals surface area (Å²) >= 11 is 1.78. The molecule has 2 aliphatic rings. The average molecular weight is 449 g/mol. The summed E-state index contributed by atoms with van der Waals surface area (Å²) in [5.74, 6) is -0.241. The zero-order valence-corrected chi connectivity index (χ0v) is 19.1. The van der Waals surface area contributed by atoms with E-state index in [-0.39, 0.29) is 5.82 Å². The molecule has 0 bridgehead atoms. The van der Waals surface area contributed by atoms with Crippen molar-refractivity contribution in [3.8, 4) is 6.07 Å². The first-order valence-electron chi connectivity index (χ1n) is 11.6. The summed E-state index contributed by atoms with van der Waals surface area (Å²) in [6, 6.07) is 18.5. The predicted octanol–water partition coefficient (Wildman–Crippen LogP) is 5.39. The number of nitrogens with one attached hydrogen (secondary N) is 1. The van der Waals surface area contributed by atoms with E-state index >= 15 is 0 Å². The Hall–Kier alpha value is -2.33. The van der Waals surface area contributed by atoms with Crippen LogP contribution in [0.3, 0.4) is 0 Å². The van der Waals surface area contributed by atoms with Crippen LogP contribution in [0, 0.1) is 17.1 Å². The van der Waals surface area contributed by atoms with Crippen LogP contribution in [0.2, 0.25) is 0 Å². The third-order valence-corrected chi connectivity index (χ3v) is 8.38. The summed E-state index contributed by atoms with van der Waals surface area (Å²) in [4.78, 5) is 7.36. The minimum absolute atomic E-state index is 0.241. The second-order valence-electron chi connectivity index (χ2n) is 9.20. The van der Waals surface area contributed by atoms with Gasteiger partial charge in [-0.25, -0.2) is 9.37 Å². The molecular weight excluding hydrogens is 419 g/mol. The largest absolute Gasteiger partial charge is 0.308 e. The van der Waals surface area contributed by atoms with Gasteiger partial charge in [0.05, 0.1) is 21.7 Å². The summed E-state index contributed by atoms with van der Waals surface area (Å²) in [6.07, 6.45) is 6.10. The SMILES string of the molecule is N#CC1(c2ccc(F)cc2)CCC(N2CCC(NCc3nc4ccccc4s3)CC2)CC1. The van der Waals surface area contributed by atoms with Gasteiger partial charge in [-0.2, -0.15) is 5.26 Å². The molecule has 0 spiro atoms. The number of hydrogen-bond acceptors (Lipinski definition) is 5. The number of thiazole rings is 1. The van der Waals surface area contributed by atoms with E-state index in [4.69, 9.17) is 4.98 Å². The lowest BCUT2D eigenvalue weighted by Crippen LogP contribution is -2.48. The Kier molecular flexibility index (Phi) is 6.23. The van der Waals surface area contributed by atoms with E-state index in [0.29, 0.717) is 12.1 Å². The van der Waals surface area contributed by atoms with Gasteiger partial charge in [0.25, 0.3) is 0 Å². The molecule has 1 aliphatic heterocycles. The number of hydrogen-bond donors (Lipinski definition) is 1. The fourth-order valence-corrected chi connectivity index (χ4v) is 6.31. The lowest BCUT2D eigenvalue weighted by Gasteiger charge is -2.43. The molecule has 1 saturated carbocycles. The summed E-state index contributed by atoms with van der Waals surface area (Å²) in [5.41, 5.74) is 1.61. The highest BCUT2D eigenvalue weighted by molar-refractivity contribution is 7.18. The summed E-state index contributed by atoms with van der Waals surface area (Å²) in [7, 11) is 0. The fraction of sp³-hybridized carbons (Fsp3) is 0.462. The molecule has 0 unspecified atom stereocenters. The van der Waals surface area contributed by atoms with Crippen LogP contribution in [-0.2, 0) is 12.0 Å². The Morgan fingerprint density at radius 1 is 1.06 bits per heavy atom. The molecule has 1 N–H and O–H groups in total. The standard InChI is InChI=1S/C26H29FN4S/c27-20-7-5-19(6-8-20)26(18-28)13-9-22(10-14-26)31-15-11-21(12-16-31)29-17-25-30-23-3-1-2-4-24(23)32-25/h1-8,21-22,29H,9-17H2. The maximum atomic E-state index is 13.3. The molecule has 6 heteroatoms. The molecule has 0 atom stereocenters. The number of nitriles is 1. The number of fused-ring (bicyclic) bond motifs is 1. The van der Waals surface area contributed by atoms with Gasteiger partial charge in [0.15, 0.2) is 0 Å². The highest BCUT2D eigenvalue weighted by Gasteiger charge is 2.39. The van der Waals surface area contributed by atoms with Crippen molar-refractivity contribution in [3.63, 3.8) is 0 Å². The maximum Gasteiger partial charge on any atom is 0.123 e. The highest BCUT2D eigenvalue weighted by atomic mass is 32.1. The summed E-state index contributed by atoms with van der Waals surface area (Å²) in [6.45, 7) is 3.06. The molecule has 1 aromatic heterocycles. The molecule has 0 radical (unpaired) electrons. The van der Waals surface area contributed by atoms with E-state index in [1.54, 1.807) is 23.5 Å². The van der Waals surface area contributed by atoms with E-state index in [0.717, 1.165) is 74.2 Å². The smallest absolute Gasteiger partial charge is 0.123 e. The van der Waals surface area contributed by atoms with Crippen LogP contribution in [0.1, 0.15) is 49.1 Å². The number of nitrogens with zero attached hydrogens (tertiary/aromatic N) is 3. The third kappa shape index (κ3) is 4.43. The lowest BCUT2D eigenvalue weighted by atomic mass is 9.69. The van der Waals surface area contributed by atoms with Crippen LogP contribution in [-0.4, -0.2) is 35.1 Å². The number of benzene rings is 2. The van der Waals surface area contributed by atoms with Crippen molar-refractivity contribution in [1.29, 1.82) is 5.26 Å². The molecule has 4 nitrogen and oxygen atoms in total. The van der Waals surface area contributed by atoms with Gasteiger partial charge in [-0.1, -0.05) is 24.3 Å². The van der Waals surface area contributed by atoms with Crippen LogP contribution in [0.25, 0.3) is 10.2 Å². The van der Waals surface area contributed by atoms with E-state index in [1.165, 1.54) is 16.8 Å². The number of aromatic nitrogens is 1. The summed E-state index contributed by atoms with van der Waals surface area (Å²) < 4.78 is 14.6. The van der Waals surface area contributed by atoms with Crippen molar-refractivity contribution in [2.45, 2.75) is 62.6 Å². The third-order valence-electron chi connectivity index (χ3n) is 7.35. The van der Waals surface area contributed by atoms with Crippen LogP contribution in [0.5, 0.6) is 0 Å². The Balaban J connectivity index is 1.11. The molecule has 0 amide bonds. The van der Waals surface area contributed by atoms with Gasteiger partial charge < -0.3 is 10.2 Å². The Morgan fingerprint density at radius 2 is 1.78 bits per heavy atom. The van der Waals surface area contributed by atoms with Crippen molar-refractivity contribution >= 4 is 21.6 Å². The molecule has 166 valence electrons. The summed E-state index contributed by atoms with van der Waals surface area (Å²) in [5, 5.41) is 14.8. The predicted molar refractivity (Wildman–Crippen MR) is 127 cm³/mol. The van der Waals surface area contributed by atoms with E-state index in [9.17, 15) is 9.65 Å². The fourth-order valence-electron chi connectivity index (χ4n) is 5.39. The molecule has 5 rings (SSSR count). The molecule has 2 heterocycles. The Bertz CT molecular complexity index is 1050. The van der Waals surface area contributed by atoms with Crippen LogP contribution in [0.15, 0.2) is 48.5 Å². The number of likely N-dealkylation sites (tertiary alicyclic amines) is 1. The molecule has 32 heavy (non-hydrogen) atoms. The molecule has 3 aromatic rings. The number of rotatable bonds is 5. The highest BCUT2D eigenvalue weighted by Crippen LogP contribution is 2.41. The monoisotopic (exact) mass is 448 g/mol. The normalized spacial score (nSPS) is 25.1. The minimum Gasteiger partial charge on any atom is -0.308 e. The van der Waals surface area contributed by atoms with Gasteiger partial charge in [0.2, 0.25) is 0 Å². The number of piperidine rings is 1. The zero-order chi connectivity index (χ0) is 22.0. The average Bonchev–Trinajstić information content (AvgIpc) is 3.27. The van der Waals surface area contributed by atoms with Gasteiger partial charge in [0, 0.05) is 18.6 Å². The van der Waals surface area contributed by atoms with Crippen LogP contribution in [0.4, 0.5) is 4.39 Å². The number of para-hydroxylation sites is 1. The topological polar surface area (TPSA) is 52.0 Å². The second-order valence-corrected chi connectivity index (χ2v) is 10.3. The maximum absolute atomic E-state index is 13.3. The number of halogens is 1. The molecular formula is C26H29FN4S. The quantitative estimate of drug-likeness (QED) is 0.568. The van der Waals surface area contributed by atoms with Gasteiger partial charge >= 0.3 is 0 Å². The van der Waals surface area contributed by atoms with Crippen molar-refractivity contribution in [3.05, 3.63) is 64.9 Å². The van der Waals surface area contributed by atoms with Crippen molar-refractivity contribution < 1.29 is 4.39 Å². The molecule has 1 saturated heterocycles. The van der Waals surface area contributed by atoms with Crippen molar-refractivity contribution in [2.75, 3.05) is 13.1 Å². The van der Waals surface area contributed by atoms with Crippen LogP contribution >= 0.6 is 11.3 Å². The van der Waals surface area contributed by atoms with Gasteiger partial charge in [0.1, 0.15) is 10.8 Å². The van der Waals surface area contributed by atoms with E-state index in [1.807, 2.05) is 6.07 Å². The molecule has 2 fully saturated rings. The Morgan fingerprint density at radius 3 is 2.47 bits per heavy atom. The second kappa shape index (κ2) is 9.27. The van der Waals surface area contributed by atoms with Gasteiger partial charge in [-0.05, 0) is 81.4 Å².